The molecule has 3 unspecified atom stereocenters. The Hall–Kier alpha value is -2.94. The van der Waals surface area contributed by atoms with E-state index in [4.69, 9.17) is 24.7 Å². The van der Waals surface area contributed by atoms with E-state index in [9.17, 15) is 19.2 Å². The van der Waals surface area contributed by atoms with Gasteiger partial charge in [0.1, 0.15) is 11.6 Å². The Kier molecular flexibility index (Phi) is 11.9. The lowest BCUT2D eigenvalue weighted by atomic mass is 9.86. The Morgan fingerprint density at radius 3 is 1.94 bits per heavy atom. The van der Waals surface area contributed by atoms with E-state index in [2.05, 4.69) is 0 Å². The summed E-state index contributed by atoms with van der Waals surface area (Å²) in [6.07, 6.45) is 0.740. The summed E-state index contributed by atoms with van der Waals surface area (Å²) in [6, 6.07) is 4.66. The molecule has 196 valence electrons. The molecule has 35 heavy (non-hydrogen) atoms. The molecule has 0 fully saturated rings. The third-order valence-corrected chi connectivity index (χ3v) is 5.84. The van der Waals surface area contributed by atoms with Gasteiger partial charge in [0.05, 0.1) is 18.9 Å². The van der Waals surface area contributed by atoms with Gasteiger partial charge in [-0.25, -0.2) is 0 Å². The van der Waals surface area contributed by atoms with Gasteiger partial charge in [-0.15, -0.1) is 0 Å². The number of nitrogens with two attached hydrogens (primary N) is 1. The minimum absolute atomic E-state index is 0.00115. The number of hydrogen-bond acceptors (Lipinski definition) is 9. The molecule has 2 N–H and O–H groups in total. The van der Waals surface area contributed by atoms with E-state index in [0.717, 1.165) is 0 Å². The maximum absolute atomic E-state index is 12.6. The molecule has 9 nitrogen and oxygen atoms in total. The molecule has 0 saturated carbocycles. The quantitative estimate of drug-likeness (QED) is 0.322. The average Bonchev–Trinajstić information content (AvgIpc) is 2.83. The molecule has 0 aromatic heterocycles. The molecular weight excluding hydrogens is 454 g/mol. The normalized spacial score (nSPS) is 15.2. The predicted molar refractivity (Wildman–Crippen MR) is 130 cm³/mol. The molecule has 0 spiro atoms. The van der Waals surface area contributed by atoms with Gasteiger partial charge >= 0.3 is 23.9 Å². The van der Waals surface area contributed by atoms with Crippen molar-refractivity contribution in [2.24, 2.45) is 17.6 Å². The number of methoxy groups -OCH3 is 1. The van der Waals surface area contributed by atoms with Gasteiger partial charge in [-0.2, -0.15) is 0 Å². The maximum atomic E-state index is 12.6. The first kappa shape index (κ1) is 30.1. The Balaban J connectivity index is 3.32. The Labute approximate surface area is 207 Å². The highest BCUT2D eigenvalue weighted by atomic mass is 16.6. The SMILES string of the molecule is CCC(=O)OC(C)C[C@@](N)(Cc1ccc(OC(=O)C(C)CC)c(OC(=O)C(C)CC)c1)C(=O)OC. The maximum Gasteiger partial charge on any atom is 0.326 e. The van der Waals surface area contributed by atoms with Gasteiger partial charge in [-0.3, -0.25) is 19.2 Å². The van der Waals surface area contributed by atoms with Crippen LogP contribution in [0, 0.1) is 11.8 Å². The van der Waals surface area contributed by atoms with Crippen molar-refractivity contribution >= 4 is 23.9 Å². The molecule has 4 atom stereocenters. The van der Waals surface area contributed by atoms with Crippen molar-refractivity contribution in [2.45, 2.75) is 85.3 Å². The van der Waals surface area contributed by atoms with Crippen molar-refractivity contribution in [3.63, 3.8) is 0 Å². The lowest BCUT2D eigenvalue weighted by molar-refractivity contribution is -0.154. The van der Waals surface area contributed by atoms with Crippen molar-refractivity contribution in [2.75, 3.05) is 7.11 Å². The molecule has 0 bridgehead atoms. The highest BCUT2D eigenvalue weighted by Gasteiger charge is 2.38. The van der Waals surface area contributed by atoms with Crippen LogP contribution in [0.3, 0.4) is 0 Å². The van der Waals surface area contributed by atoms with E-state index in [1.165, 1.54) is 19.2 Å². The highest BCUT2D eigenvalue weighted by molar-refractivity contribution is 5.81. The lowest BCUT2D eigenvalue weighted by Crippen LogP contribution is -2.53. The number of ether oxygens (including phenoxy) is 4. The zero-order valence-electron chi connectivity index (χ0n) is 21.8. The van der Waals surface area contributed by atoms with Crippen LogP contribution in [-0.2, 0) is 35.1 Å². The Morgan fingerprint density at radius 1 is 0.914 bits per heavy atom. The molecule has 0 aliphatic heterocycles. The summed E-state index contributed by atoms with van der Waals surface area (Å²) in [6.45, 7) is 10.5. The minimum Gasteiger partial charge on any atom is -0.468 e. The van der Waals surface area contributed by atoms with Gasteiger partial charge in [0.2, 0.25) is 0 Å². The van der Waals surface area contributed by atoms with Gasteiger partial charge in [-0.05, 0) is 37.5 Å². The summed E-state index contributed by atoms with van der Waals surface area (Å²) in [5, 5.41) is 0. The lowest BCUT2D eigenvalue weighted by Gasteiger charge is -2.29. The van der Waals surface area contributed by atoms with E-state index in [0.29, 0.717) is 18.4 Å². The zero-order chi connectivity index (χ0) is 26.8. The van der Waals surface area contributed by atoms with Gasteiger partial charge < -0.3 is 24.7 Å². The van der Waals surface area contributed by atoms with Crippen LogP contribution in [0.2, 0.25) is 0 Å². The van der Waals surface area contributed by atoms with Gasteiger partial charge in [-0.1, -0.05) is 40.7 Å². The zero-order valence-corrected chi connectivity index (χ0v) is 21.8. The van der Waals surface area contributed by atoms with Gasteiger partial charge in [0.25, 0.3) is 0 Å². The number of rotatable bonds is 13. The first-order chi connectivity index (χ1) is 16.4. The van der Waals surface area contributed by atoms with Crippen LogP contribution >= 0.6 is 0 Å². The fourth-order valence-corrected chi connectivity index (χ4v) is 3.24. The van der Waals surface area contributed by atoms with Crippen molar-refractivity contribution in [1.29, 1.82) is 0 Å². The summed E-state index contributed by atoms with van der Waals surface area (Å²) in [5.74, 6) is -2.55. The number of benzene rings is 1. The van der Waals surface area contributed by atoms with Crippen LogP contribution in [-0.4, -0.2) is 42.6 Å². The van der Waals surface area contributed by atoms with Crippen LogP contribution < -0.4 is 15.2 Å². The van der Waals surface area contributed by atoms with E-state index >= 15 is 0 Å². The second-order valence-corrected chi connectivity index (χ2v) is 8.92. The summed E-state index contributed by atoms with van der Waals surface area (Å²) in [7, 11) is 1.23. The average molecular weight is 494 g/mol. The Bertz CT molecular complexity index is 899. The first-order valence-electron chi connectivity index (χ1n) is 12.0. The molecule has 1 aromatic carbocycles. The van der Waals surface area contributed by atoms with E-state index < -0.39 is 35.5 Å². The fraction of sp³-hybridized carbons (Fsp3) is 0.615. The second-order valence-electron chi connectivity index (χ2n) is 8.92. The third kappa shape index (κ3) is 8.98. The van der Waals surface area contributed by atoms with Crippen LogP contribution in [0.1, 0.15) is 72.8 Å². The molecule has 0 radical (unpaired) electrons. The van der Waals surface area contributed by atoms with Crippen molar-refractivity contribution in [3.8, 4) is 11.5 Å². The molecule has 9 heteroatoms. The van der Waals surface area contributed by atoms with E-state index in [1.54, 1.807) is 33.8 Å². The summed E-state index contributed by atoms with van der Waals surface area (Å²) < 4.78 is 21.3. The minimum atomic E-state index is -1.52. The monoisotopic (exact) mass is 493 g/mol. The molecule has 1 rings (SSSR count). The summed E-state index contributed by atoms with van der Waals surface area (Å²) in [5.41, 5.74) is 5.47. The molecular formula is C26H39NO8. The molecule has 1 aromatic rings. The smallest absolute Gasteiger partial charge is 0.326 e. The number of hydrogen-bond donors (Lipinski definition) is 1. The Morgan fingerprint density at radius 2 is 1.46 bits per heavy atom. The molecule has 0 heterocycles. The predicted octanol–water partition coefficient (Wildman–Crippen LogP) is 3.73. The van der Waals surface area contributed by atoms with Crippen LogP contribution in [0.5, 0.6) is 11.5 Å². The molecule has 0 aliphatic rings. The van der Waals surface area contributed by atoms with Crippen LogP contribution in [0.15, 0.2) is 18.2 Å². The van der Waals surface area contributed by atoms with E-state index in [-0.39, 0.29) is 42.6 Å². The molecule has 0 amide bonds. The molecule has 0 aliphatic carbocycles. The van der Waals surface area contributed by atoms with E-state index in [1.807, 2.05) is 13.8 Å². The third-order valence-electron chi connectivity index (χ3n) is 5.84. The summed E-state index contributed by atoms with van der Waals surface area (Å²) in [4.78, 5) is 49.1. The first-order valence-corrected chi connectivity index (χ1v) is 12.0. The summed E-state index contributed by atoms with van der Waals surface area (Å²) >= 11 is 0. The fourth-order valence-electron chi connectivity index (χ4n) is 3.24. The highest BCUT2D eigenvalue weighted by Crippen LogP contribution is 2.32. The van der Waals surface area contributed by atoms with Gasteiger partial charge in [0, 0.05) is 19.3 Å². The second kappa shape index (κ2) is 13.8. The molecule has 0 saturated heterocycles. The van der Waals surface area contributed by atoms with Gasteiger partial charge in [0.15, 0.2) is 11.5 Å². The largest absolute Gasteiger partial charge is 0.468 e. The number of carbonyl (C=O) groups excluding carboxylic acids is 4. The van der Waals surface area contributed by atoms with Crippen LogP contribution in [0.25, 0.3) is 0 Å². The van der Waals surface area contributed by atoms with Crippen molar-refractivity contribution < 1.29 is 38.1 Å². The standard InChI is InChI=1S/C26H39NO8/c1-8-16(4)23(29)34-20-12-11-19(13-21(20)35-24(30)17(5)9-2)15-26(27,25(31)32-7)14-18(6)33-22(28)10-3/h11-13,16-18H,8-10,14-15,27H2,1-7H3/t16?,17?,18?,26-/m1/s1. The van der Waals surface area contributed by atoms with Crippen molar-refractivity contribution in [3.05, 3.63) is 23.8 Å². The topological polar surface area (TPSA) is 131 Å². The van der Waals surface area contributed by atoms with Crippen molar-refractivity contribution in [1.82, 2.24) is 0 Å². The van der Waals surface area contributed by atoms with Crippen LogP contribution in [0.4, 0.5) is 0 Å². The number of carbonyl (C=O) groups is 4. The number of esters is 4.